The van der Waals surface area contributed by atoms with Gasteiger partial charge in [-0.25, -0.2) is 0 Å². The van der Waals surface area contributed by atoms with Gasteiger partial charge in [0.15, 0.2) is 0 Å². The van der Waals surface area contributed by atoms with E-state index in [0.717, 1.165) is 62.4 Å². The number of rotatable bonds is 4. The lowest BCUT2D eigenvalue weighted by atomic mass is 9.94. The fourth-order valence-corrected chi connectivity index (χ4v) is 5.01. The number of ether oxygens (including phenoxy) is 1. The van der Waals surface area contributed by atoms with E-state index in [-0.39, 0.29) is 17.2 Å². The van der Waals surface area contributed by atoms with E-state index in [2.05, 4.69) is 35.2 Å². The Balaban J connectivity index is 1.29. The van der Waals surface area contributed by atoms with Crippen molar-refractivity contribution in [1.29, 1.82) is 0 Å². The molecule has 5 rings (SSSR count). The topological polar surface area (TPSA) is 53.1 Å². The summed E-state index contributed by atoms with van der Waals surface area (Å²) < 4.78 is 6.00. The number of carbonyl (C=O) groups excluding carboxylic acids is 2. The van der Waals surface area contributed by atoms with Crippen molar-refractivity contribution in [3.8, 4) is 5.75 Å². The zero-order valence-corrected chi connectivity index (χ0v) is 18.8. The van der Waals surface area contributed by atoms with Crippen LogP contribution in [0.1, 0.15) is 36.5 Å². The van der Waals surface area contributed by atoms with Gasteiger partial charge >= 0.3 is 0 Å². The molecule has 32 heavy (non-hydrogen) atoms. The third-order valence-electron chi connectivity index (χ3n) is 7.10. The summed E-state index contributed by atoms with van der Waals surface area (Å²) >= 11 is 0. The second-order valence-corrected chi connectivity index (χ2v) is 9.25. The molecule has 6 heteroatoms. The van der Waals surface area contributed by atoms with Gasteiger partial charge in [0.05, 0.1) is 12.0 Å². The second-order valence-electron chi connectivity index (χ2n) is 9.25. The molecular weight excluding hydrogens is 402 g/mol. The summed E-state index contributed by atoms with van der Waals surface area (Å²) in [5.74, 6) is 1.27. The summed E-state index contributed by atoms with van der Waals surface area (Å²) in [6.07, 6.45) is 1.85. The van der Waals surface area contributed by atoms with Crippen LogP contribution in [0.2, 0.25) is 0 Å². The Labute approximate surface area is 189 Å². The van der Waals surface area contributed by atoms with Crippen molar-refractivity contribution in [3.63, 3.8) is 0 Å². The number of fused-ring (bicyclic) bond motifs is 1. The van der Waals surface area contributed by atoms with E-state index in [1.54, 1.807) is 6.92 Å². The van der Waals surface area contributed by atoms with Crippen molar-refractivity contribution < 1.29 is 14.3 Å². The lowest BCUT2D eigenvalue weighted by molar-refractivity contribution is -0.134. The van der Waals surface area contributed by atoms with Gasteiger partial charge in [-0.05, 0) is 36.1 Å². The van der Waals surface area contributed by atoms with E-state index in [1.165, 1.54) is 5.56 Å². The van der Waals surface area contributed by atoms with E-state index in [0.29, 0.717) is 19.7 Å². The molecule has 0 bridgehead atoms. The fraction of sp³-hybridized carbons (Fsp3) is 0.462. The summed E-state index contributed by atoms with van der Waals surface area (Å²) in [6, 6.07) is 16.6. The summed E-state index contributed by atoms with van der Waals surface area (Å²) in [7, 11) is 0. The summed E-state index contributed by atoms with van der Waals surface area (Å²) in [6.45, 7) is 7.56. The zero-order valence-electron chi connectivity index (χ0n) is 18.8. The van der Waals surface area contributed by atoms with Crippen molar-refractivity contribution >= 4 is 11.8 Å². The number of hydrogen-bond acceptors (Lipinski definition) is 4. The molecule has 0 radical (unpaired) electrons. The van der Waals surface area contributed by atoms with Gasteiger partial charge in [-0.2, -0.15) is 0 Å². The maximum Gasteiger partial charge on any atom is 0.233 e. The SMILES string of the molecule is CC(=O)N1CCN(Cc2ccc3c(c2)CN(C(=O)C2(c4ccccc4)CC2)CCO3)CC1. The van der Waals surface area contributed by atoms with Crippen LogP contribution in [0.3, 0.4) is 0 Å². The van der Waals surface area contributed by atoms with Gasteiger partial charge in [-0.1, -0.05) is 36.4 Å². The van der Waals surface area contributed by atoms with Gasteiger partial charge in [0.1, 0.15) is 12.4 Å². The minimum atomic E-state index is -0.347. The average molecular weight is 434 g/mol. The maximum atomic E-state index is 13.6. The van der Waals surface area contributed by atoms with Crippen LogP contribution in [0, 0.1) is 0 Å². The van der Waals surface area contributed by atoms with Crippen molar-refractivity contribution in [1.82, 2.24) is 14.7 Å². The smallest absolute Gasteiger partial charge is 0.233 e. The van der Waals surface area contributed by atoms with Crippen LogP contribution >= 0.6 is 0 Å². The largest absolute Gasteiger partial charge is 0.491 e. The zero-order chi connectivity index (χ0) is 22.1. The highest BCUT2D eigenvalue weighted by Gasteiger charge is 2.53. The van der Waals surface area contributed by atoms with Crippen LogP contribution in [0.25, 0.3) is 0 Å². The summed E-state index contributed by atoms with van der Waals surface area (Å²) in [4.78, 5) is 31.4. The molecule has 3 aliphatic rings. The third kappa shape index (κ3) is 4.11. The lowest BCUT2D eigenvalue weighted by Crippen LogP contribution is -2.47. The van der Waals surface area contributed by atoms with E-state index in [9.17, 15) is 9.59 Å². The van der Waals surface area contributed by atoms with E-state index < -0.39 is 0 Å². The Morgan fingerprint density at radius 3 is 2.38 bits per heavy atom. The predicted molar refractivity (Wildman–Crippen MR) is 122 cm³/mol. The first kappa shape index (κ1) is 21.0. The monoisotopic (exact) mass is 433 g/mol. The molecule has 2 aliphatic heterocycles. The molecule has 0 aromatic heterocycles. The molecule has 6 nitrogen and oxygen atoms in total. The first-order chi connectivity index (χ1) is 15.5. The molecule has 2 fully saturated rings. The number of carbonyl (C=O) groups is 2. The van der Waals surface area contributed by atoms with Gasteiger partial charge in [-0.3, -0.25) is 14.5 Å². The third-order valence-corrected chi connectivity index (χ3v) is 7.10. The predicted octanol–water partition coefficient (Wildman–Crippen LogP) is 2.80. The molecule has 1 saturated carbocycles. The summed E-state index contributed by atoms with van der Waals surface area (Å²) in [5, 5.41) is 0. The molecule has 2 aromatic rings. The van der Waals surface area contributed by atoms with E-state index in [1.807, 2.05) is 28.0 Å². The summed E-state index contributed by atoms with van der Waals surface area (Å²) in [5.41, 5.74) is 3.09. The number of amides is 2. The minimum absolute atomic E-state index is 0.153. The Kier molecular flexibility index (Phi) is 5.64. The van der Waals surface area contributed by atoms with Crippen LogP contribution in [0.15, 0.2) is 48.5 Å². The molecule has 2 heterocycles. The lowest BCUT2D eigenvalue weighted by Gasteiger charge is -2.34. The van der Waals surface area contributed by atoms with Crippen LogP contribution in [-0.2, 0) is 28.1 Å². The first-order valence-corrected chi connectivity index (χ1v) is 11.6. The first-order valence-electron chi connectivity index (χ1n) is 11.6. The molecule has 1 aliphatic carbocycles. The van der Waals surface area contributed by atoms with Crippen molar-refractivity contribution in [2.45, 2.75) is 38.3 Å². The molecule has 0 spiro atoms. The van der Waals surface area contributed by atoms with Gasteiger partial charge < -0.3 is 14.5 Å². The van der Waals surface area contributed by atoms with Crippen molar-refractivity contribution in [3.05, 3.63) is 65.2 Å². The second kappa shape index (κ2) is 8.58. The Morgan fingerprint density at radius 1 is 0.938 bits per heavy atom. The van der Waals surface area contributed by atoms with Crippen molar-refractivity contribution in [2.75, 3.05) is 39.3 Å². The molecule has 0 atom stereocenters. The Morgan fingerprint density at radius 2 is 1.69 bits per heavy atom. The molecule has 2 aromatic carbocycles. The van der Waals surface area contributed by atoms with Crippen LogP contribution in [-0.4, -0.2) is 65.8 Å². The molecule has 1 saturated heterocycles. The highest BCUT2D eigenvalue weighted by atomic mass is 16.5. The van der Waals surface area contributed by atoms with Gasteiger partial charge in [0, 0.05) is 51.8 Å². The number of hydrogen-bond donors (Lipinski definition) is 0. The molecule has 0 unspecified atom stereocenters. The molecule has 168 valence electrons. The van der Waals surface area contributed by atoms with E-state index >= 15 is 0 Å². The quantitative estimate of drug-likeness (QED) is 0.744. The van der Waals surface area contributed by atoms with Gasteiger partial charge in [-0.15, -0.1) is 0 Å². The molecule has 0 N–H and O–H groups in total. The maximum absolute atomic E-state index is 13.6. The number of nitrogens with zero attached hydrogens (tertiary/aromatic N) is 3. The van der Waals surface area contributed by atoms with Crippen LogP contribution in [0.4, 0.5) is 0 Å². The average Bonchev–Trinajstić information content (AvgIpc) is 3.64. The van der Waals surface area contributed by atoms with Crippen LogP contribution < -0.4 is 4.74 Å². The molecule has 2 amide bonds. The minimum Gasteiger partial charge on any atom is -0.491 e. The van der Waals surface area contributed by atoms with E-state index in [4.69, 9.17) is 4.74 Å². The Hall–Kier alpha value is -2.86. The van der Waals surface area contributed by atoms with Gasteiger partial charge in [0.2, 0.25) is 11.8 Å². The number of benzene rings is 2. The highest BCUT2D eigenvalue weighted by Crippen LogP contribution is 2.50. The van der Waals surface area contributed by atoms with Crippen molar-refractivity contribution in [2.24, 2.45) is 0 Å². The Bertz CT molecular complexity index is 995. The fourth-order valence-electron chi connectivity index (χ4n) is 5.01. The number of piperazine rings is 1. The standard InChI is InChI=1S/C26H31N3O3/c1-20(30)28-13-11-27(12-14-28)18-21-7-8-24-22(17-21)19-29(15-16-32-24)25(31)26(9-10-26)23-5-3-2-4-6-23/h2-8,17H,9-16,18-19H2,1H3. The molecular formula is C26H31N3O3. The van der Waals surface area contributed by atoms with Crippen LogP contribution in [0.5, 0.6) is 5.75 Å². The normalized spacial score (nSPS) is 20.2. The highest BCUT2D eigenvalue weighted by molar-refractivity contribution is 5.91. The van der Waals surface area contributed by atoms with Gasteiger partial charge in [0.25, 0.3) is 0 Å².